The Labute approximate surface area is 116 Å². The molecule has 1 amide bonds. The highest BCUT2D eigenvalue weighted by atomic mass is 19.1. The van der Waals surface area contributed by atoms with Crippen molar-refractivity contribution in [2.24, 2.45) is 0 Å². The first-order chi connectivity index (χ1) is 9.70. The van der Waals surface area contributed by atoms with Gasteiger partial charge in [-0.25, -0.2) is 9.18 Å². The maximum absolute atomic E-state index is 13.0. The second kappa shape index (κ2) is 6.65. The molecule has 104 valence electrons. The van der Waals surface area contributed by atoms with E-state index >= 15 is 0 Å². The van der Waals surface area contributed by atoms with Crippen LogP contribution in [0, 0.1) is 5.82 Å². The summed E-state index contributed by atoms with van der Waals surface area (Å²) in [7, 11) is 1.31. The zero-order valence-corrected chi connectivity index (χ0v) is 11.0. The van der Waals surface area contributed by atoms with Crippen LogP contribution in [0.1, 0.15) is 17.2 Å². The summed E-state index contributed by atoms with van der Waals surface area (Å²) in [6.45, 7) is 0.329. The lowest BCUT2D eigenvalue weighted by Gasteiger charge is -2.17. The summed E-state index contributed by atoms with van der Waals surface area (Å²) in [6.07, 6.45) is 1.18. The summed E-state index contributed by atoms with van der Waals surface area (Å²) in [4.78, 5) is 15.5. The van der Waals surface area contributed by atoms with E-state index in [9.17, 15) is 9.18 Å². The van der Waals surface area contributed by atoms with Crippen molar-refractivity contribution in [2.75, 3.05) is 13.7 Å². The summed E-state index contributed by atoms with van der Waals surface area (Å²) in [5.41, 5.74) is 1.68. The van der Waals surface area contributed by atoms with Crippen LogP contribution in [-0.4, -0.2) is 24.7 Å². The van der Waals surface area contributed by atoms with E-state index in [4.69, 9.17) is 0 Å². The van der Waals surface area contributed by atoms with Crippen LogP contribution in [-0.2, 0) is 4.74 Å². The molecule has 0 fully saturated rings. The third-order valence-corrected chi connectivity index (χ3v) is 2.95. The molecule has 0 aliphatic carbocycles. The van der Waals surface area contributed by atoms with Gasteiger partial charge in [-0.15, -0.1) is 0 Å². The highest BCUT2D eigenvalue weighted by molar-refractivity contribution is 5.67. The van der Waals surface area contributed by atoms with Crippen LogP contribution in [0.2, 0.25) is 0 Å². The van der Waals surface area contributed by atoms with Crippen LogP contribution < -0.4 is 5.32 Å². The largest absolute Gasteiger partial charge is 0.453 e. The van der Waals surface area contributed by atoms with E-state index in [0.717, 1.165) is 11.3 Å². The van der Waals surface area contributed by atoms with E-state index < -0.39 is 6.09 Å². The Balaban J connectivity index is 2.24. The molecule has 1 N–H and O–H groups in total. The van der Waals surface area contributed by atoms with Crippen molar-refractivity contribution in [3.8, 4) is 0 Å². The number of alkyl carbamates (subject to hydrolysis) is 1. The Kier molecular flexibility index (Phi) is 4.65. The van der Waals surface area contributed by atoms with Crippen molar-refractivity contribution in [1.82, 2.24) is 10.3 Å². The maximum atomic E-state index is 13.0. The predicted molar refractivity (Wildman–Crippen MR) is 72.9 cm³/mol. The van der Waals surface area contributed by atoms with Gasteiger partial charge in [0.2, 0.25) is 0 Å². The zero-order chi connectivity index (χ0) is 14.4. The van der Waals surface area contributed by atoms with Crippen molar-refractivity contribution >= 4 is 6.09 Å². The molecule has 0 bridgehead atoms. The van der Waals surface area contributed by atoms with E-state index in [-0.39, 0.29) is 11.7 Å². The molecule has 0 aliphatic rings. The van der Waals surface area contributed by atoms with Crippen LogP contribution in [0.3, 0.4) is 0 Å². The number of halogens is 1. The average Bonchev–Trinajstić information content (AvgIpc) is 2.50. The second-order valence-corrected chi connectivity index (χ2v) is 4.23. The molecule has 1 heterocycles. The van der Waals surface area contributed by atoms with Gasteiger partial charge in [0.05, 0.1) is 7.11 Å². The number of ether oxygens (including phenoxy) is 1. The highest BCUT2D eigenvalue weighted by Crippen LogP contribution is 2.22. The average molecular weight is 274 g/mol. The fraction of sp³-hybridized carbons (Fsp3) is 0.200. The van der Waals surface area contributed by atoms with E-state index in [2.05, 4.69) is 15.0 Å². The molecule has 1 aromatic heterocycles. The normalized spacial score (nSPS) is 11.7. The van der Waals surface area contributed by atoms with Gasteiger partial charge in [0, 0.05) is 24.4 Å². The van der Waals surface area contributed by atoms with Crippen LogP contribution in [0.15, 0.2) is 48.7 Å². The molecule has 4 nitrogen and oxygen atoms in total. The number of nitrogens with zero attached hydrogens (tertiary/aromatic N) is 1. The molecule has 0 saturated carbocycles. The van der Waals surface area contributed by atoms with Crippen LogP contribution >= 0.6 is 0 Å². The minimum absolute atomic E-state index is 0.157. The monoisotopic (exact) mass is 274 g/mol. The first-order valence-corrected chi connectivity index (χ1v) is 6.19. The number of rotatable bonds is 4. The van der Waals surface area contributed by atoms with Gasteiger partial charge in [-0.1, -0.05) is 18.2 Å². The molecule has 0 aliphatic heterocycles. The Bertz CT molecular complexity index is 558. The van der Waals surface area contributed by atoms with E-state index in [0.29, 0.717) is 6.54 Å². The lowest BCUT2D eigenvalue weighted by Crippen LogP contribution is -2.29. The molecule has 2 rings (SSSR count). The molecule has 1 unspecified atom stereocenters. The number of hydrogen-bond acceptors (Lipinski definition) is 3. The zero-order valence-electron chi connectivity index (χ0n) is 11.0. The Morgan fingerprint density at radius 3 is 2.65 bits per heavy atom. The van der Waals surface area contributed by atoms with Gasteiger partial charge in [-0.05, 0) is 29.8 Å². The summed E-state index contributed by atoms with van der Waals surface area (Å²) < 4.78 is 17.6. The van der Waals surface area contributed by atoms with Gasteiger partial charge < -0.3 is 10.1 Å². The minimum atomic E-state index is -0.506. The highest BCUT2D eigenvalue weighted by Gasteiger charge is 2.16. The molecule has 2 aromatic rings. The van der Waals surface area contributed by atoms with Crippen molar-refractivity contribution in [2.45, 2.75) is 5.92 Å². The molecule has 0 radical (unpaired) electrons. The number of methoxy groups -OCH3 is 1. The van der Waals surface area contributed by atoms with Crippen molar-refractivity contribution < 1.29 is 13.9 Å². The standard InChI is InChI=1S/C15H15FN2O2/c1-20-15(19)18-10-13(14-4-2-3-9-17-14)11-5-7-12(16)8-6-11/h2-9,13H,10H2,1H3,(H,18,19). The number of carbonyl (C=O) groups excluding carboxylic acids is 1. The molecule has 20 heavy (non-hydrogen) atoms. The molecular weight excluding hydrogens is 259 g/mol. The summed E-state index contributed by atoms with van der Waals surface area (Å²) >= 11 is 0. The molecule has 1 aromatic carbocycles. The van der Waals surface area contributed by atoms with E-state index in [1.165, 1.54) is 19.2 Å². The molecule has 1 atom stereocenters. The van der Waals surface area contributed by atoms with Gasteiger partial charge >= 0.3 is 6.09 Å². The van der Waals surface area contributed by atoms with Gasteiger partial charge in [0.1, 0.15) is 5.82 Å². The van der Waals surface area contributed by atoms with Crippen molar-refractivity contribution in [1.29, 1.82) is 0 Å². The van der Waals surface area contributed by atoms with Gasteiger partial charge in [-0.2, -0.15) is 0 Å². The van der Waals surface area contributed by atoms with E-state index in [1.54, 1.807) is 18.3 Å². The Morgan fingerprint density at radius 2 is 2.05 bits per heavy atom. The summed E-state index contributed by atoms with van der Waals surface area (Å²) in [5, 5.41) is 2.65. The molecule has 0 saturated heterocycles. The third-order valence-electron chi connectivity index (χ3n) is 2.95. The number of benzene rings is 1. The quantitative estimate of drug-likeness (QED) is 0.932. The number of carbonyl (C=O) groups is 1. The van der Waals surface area contributed by atoms with Gasteiger partial charge in [0.25, 0.3) is 0 Å². The van der Waals surface area contributed by atoms with Crippen LogP contribution in [0.5, 0.6) is 0 Å². The molecule has 0 spiro atoms. The van der Waals surface area contributed by atoms with Gasteiger partial charge in [0.15, 0.2) is 0 Å². The number of amides is 1. The fourth-order valence-corrected chi connectivity index (χ4v) is 1.93. The van der Waals surface area contributed by atoms with Crippen molar-refractivity contribution in [3.05, 3.63) is 65.7 Å². The third kappa shape index (κ3) is 3.54. The Morgan fingerprint density at radius 1 is 1.30 bits per heavy atom. The minimum Gasteiger partial charge on any atom is -0.453 e. The van der Waals surface area contributed by atoms with Crippen molar-refractivity contribution in [3.63, 3.8) is 0 Å². The smallest absolute Gasteiger partial charge is 0.406 e. The number of hydrogen-bond donors (Lipinski definition) is 1. The second-order valence-electron chi connectivity index (χ2n) is 4.23. The SMILES string of the molecule is COC(=O)NCC(c1ccc(F)cc1)c1ccccn1. The predicted octanol–water partition coefficient (Wildman–Crippen LogP) is 2.71. The fourth-order valence-electron chi connectivity index (χ4n) is 1.93. The van der Waals surface area contributed by atoms with Gasteiger partial charge in [-0.3, -0.25) is 4.98 Å². The van der Waals surface area contributed by atoms with Crippen LogP contribution in [0.25, 0.3) is 0 Å². The molecular formula is C15H15FN2O2. The topological polar surface area (TPSA) is 51.2 Å². The number of aromatic nitrogens is 1. The first-order valence-electron chi connectivity index (χ1n) is 6.19. The van der Waals surface area contributed by atoms with E-state index in [1.807, 2.05) is 18.2 Å². The Hall–Kier alpha value is -2.43. The number of nitrogens with one attached hydrogen (secondary N) is 1. The number of pyridine rings is 1. The summed E-state index contributed by atoms with van der Waals surface area (Å²) in [5.74, 6) is -0.453. The first kappa shape index (κ1) is 14.0. The molecule has 5 heteroatoms. The lowest BCUT2D eigenvalue weighted by molar-refractivity contribution is 0.170. The lowest BCUT2D eigenvalue weighted by atomic mass is 9.95. The maximum Gasteiger partial charge on any atom is 0.406 e. The van der Waals surface area contributed by atoms with Crippen LogP contribution in [0.4, 0.5) is 9.18 Å². The summed E-state index contributed by atoms with van der Waals surface area (Å²) in [6, 6.07) is 11.7.